The van der Waals surface area contributed by atoms with Crippen LogP contribution in [0.1, 0.15) is 5.56 Å². The molecule has 20 heavy (non-hydrogen) atoms. The van der Waals surface area contributed by atoms with Crippen LogP contribution in [0.5, 0.6) is 0 Å². The van der Waals surface area contributed by atoms with E-state index in [1.54, 1.807) is 6.07 Å². The molecule has 0 aliphatic heterocycles. The highest BCUT2D eigenvalue weighted by Gasteiger charge is 2.14. The number of benzene rings is 1. The Balaban J connectivity index is 2.15. The quantitative estimate of drug-likeness (QED) is 0.841. The van der Waals surface area contributed by atoms with Crippen LogP contribution in [-0.2, 0) is 11.2 Å². The fourth-order valence-electron chi connectivity index (χ4n) is 1.57. The van der Waals surface area contributed by atoms with Gasteiger partial charge in [0.2, 0.25) is 5.91 Å². The van der Waals surface area contributed by atoms with Crippen molar-refractivity contribution in [1.29, 1.82) is 0 Å². The summed E-state index contributed by atoms with van der Waals surface area (Å²) in [4.78, 5) is 15.6. The van der Waals surface area contributed by atoms with E-state index in [0.717, 1.165) is 12.1 Å². The third kappa shape index (κ3) is 3.52. The SMILES string of the molecule is O=C(Cc1c(F)cccc1F)Nc1cc(Br)cnc1Cl. The molecule has 0 fully saturated rings. The van der Waals surface area contributed by atoms with Crippen molar-refractivity contribution in [2.75, 3.05) is 5.32 Å². The van der Waals surface area contributed by atoms with Gasteiger partial charge in [-0.1, -0.05) is 17.7 Å². The van der Waals surface area contributed by atoms with Gasteiger partial charge in [-0.15, -0.1) is 0 Å². The predicted molar refractivity (Wildman–Crippen MR) is 75.6 cm³/mol. The van der Waals surface area contributed by atoms with E-state index in [1.807, 2.05) is 0 Å². The van der Waals surface area contributed by atoms with Crippen LogP contribution < -0.4 is 5.32 Å². The fourth-order valence-corrected chi connectivity index (χ4v) is 2.05. The minimum absolute atomic E-state index is 0.0931. The zero-order valence-corrected chi connectivity index (χ0v) is 12.3. The summed E-state index contributed by atoms with van der Waals surface area (Å²) in [5, 5.41) is 2.55. The molecule has 0 bridgehead atoms. The van der Waals surface area contributed by atoms with Gasteiger partial charge in [-0.05, 0) is 34.1 Å². The Hall–Kier alpha value is -1.53. The third-order valence-electron chi connectivity index (χ3n) is 2.48. The lowest BCUT2D eigenvalue weighted by Gasteiger charge is -2.08. The molecule has 0 atom stereocenters. The topological polar surface area (TPSA) is 42.0 Å². The summed E-state index contributed by atoms with van der Waals surface area (Å²) in [5.41, 5.74) is -0.0214. The van der Waals surface area contributed by atoms with Gasteiger partial charge >= 0.3 is 0 Å². The van der Waals surface area contributed by atoms with Crippen LogP contribution in [0.3, 0.4) is 0 Å². The summed E-state index contributed by atoms with van der Waals surface area (Å²) < 4.78 is 27.5. The second-order valence-electron chi connectivity index (χ2n) is 3.92. The zero-order valence-electron chi connectivity index (χ0n) is 9.96. The summed E-state index contributed by atoms with van der Waals surface area (Å²) in [6, 6.07) is 4.98. The summed E-state index contributed by atoms with van der Waals surface area (Å²) in [5.74, 6) is -2.12. The molecule has 0 spiro atoms. The molecule has 0 saturated carbocycles. The number of pyridine rings is 1. The number of nitrogens with zero attached hydrogens (tertiary/aromatic N) is 1. The lowest BCUT2D eigenvalue weighted by Crippen LogP contribution is -2.16. The van der Waals surface area contributed by atoms with Crippen molar-refractivity contribution in [3.63, 3.8) is 0 Å². The molecule has 0 unspecified atom stereocenters. The lowest BCUT2D eigenvalue weighted by atomic mass is 10.1. The molecule has 0 aliphatic carbocycles. The first-order valence-corrected chi connectivity index (χ1v) is 6.68. The van der Waals surface area contributed by atoms with Gasteiger partial charge in [0, 0.05) is 16.2 Å². The number of rotatable bonds is 3. The van der Waals surface area contributed by atoms with Crippen LogP contribution in [-0.4, -0.2) is 10.9 Å². The Bertz CT molecular complexity index is 647. The van der Waals surface area contributed by atoms with Crippen molar-refractivity contribution >= 4 is 39.1 Å². The largest absolute Gasteiger partial charge is 0.323 e. The van der Waals surface area contributed by atoms with Crippen molar-refractivity contribution in [2.24, 2.45) is 0 Å². The first-order valence-electron chi connectivity index (χ1n) is 5.51. The van der Waals surface area contributed by atoms with Crippen molar-refractivity contribution in [3.05, 3.63) is 57.3 Å². The van der Waals surface area contributed by atoms with Crippen molar-refractivity contribution < 1.29 is 13.6 Å². The number of amides is 1. The summed E-state index contributed by atoms with van der Waals surface area (Å²) in [6.07, 6.45) is 1.04. The Morgan fingerprint density at radius 2 is 2.00 bits per heavy atom. The number of carbonyl (C=O) groups excluding carboxylic acids is 1. The highest BCUT2D eigenvalue weighted by atomic mass is 79.9. The maximum absolute atomic E-state index is 13.4. The van der Waals surface area contributed by atoms with E-state index in [4.69, 9.17) is 11.6 Å². The number of carbonyl (C=O) groups is 1. The predicted octanol–water partition coefficient (Wildman–Crippen LogP) is 3.96. The molecule has 1 N–H and O–H groups in total. The summed E-state index contributed by atoms with van der Waals surface area (Å²) in [6.45, 7) is 0. The van der Waals surface area contributed by atoms with Gasteiger partial charge in [0.25, 0.3) is 0 Å². The summed E-state index contributed by atoms with van der Waals surface area (Å²) >= 11 is 8.99. The van der Waals surface area contributed by atoms with Crippen molar-refractivity contribution in [3.8, 4) is 0 Å². The van der Waals surface area contributed by atoms with Gasteiger partial charge in [0.15, 0.2) is 5.15 Å². The third-order valence-corrected chi connectivity index (χ3v) is 3.21. The Kier molecular flexibility index (Phi) is 4.67. The maximum atomic E-state index is 13.4. The first kappa shape index (κ1) is 14.9. The molecule has 1 aromatic heterocycles. The molecular formula is C13H8BrClF2N2O. The smallest absolute Gasteiger partial charge is 0.229 e. The molecule has 0 saturated heterocycles. The Morgan fingerprint density at radius 1 is 1.35 bits per heavy atom. The van der Waals surface area contributed by atoms with Crippen LogP contribution in [0.2, 0.25) is 5.15 Å². The lowest BCUT2D eigenvalue weighted by molar-refractivity contribution is -0.115. The molecule has 1 heterocycles. The number of halogens is 4. The Labute approximate surface area is 127 Å². The van der Waals surface area contributed by atoms with Crippen LogP contribution in [0, 0.1) is 11.6 Å². The minimum Gasteiger partial charge on any atom is -0.323 e. The number of aromatic nitrogens is 1. The Morgan fingerprint density at radius 3 is 2.65 bits per heavy atom. The molecule has 104 valence electrons. The monoisotopic (exact) mass is 360 g/mol. The number of nitrogens with one attached hydrogen (secondary N) is 1. The van der Waals surface area contributed by atoms with Crippen LogP contribution >= 0.6 is 27.5 Å². The van der Waals surface area contributed by atoms with Gasteiger partial charge in [-0.25, -0.2) is 13.8 Å². The van der Waals surface area contributed by atoms with Gasteiger partial charge in [0.1, 0.15) is 11.6 Å². The van der Waals surface area contributed by atoms with Gasteiger partial charge in [-0.3, -0.25) is 4.79 Å². The zero-order chi connectivity index (χ0) is 14.7. The normalized spacial score (nSPS) is 10.4. The second kappa shape index (κ2) is 6.28. The highest BCUT2D eigenvalue weighted by Crippen LogP contribution is 2.23. The molecule has 0 aliphatic rings. The average molecular weight is 362 g/mol. The first-order chi connectivity index (χ1) is 9.47. The van der Waals surface area contributed by atoms with E-state index in [9.17, 15) is 13.6 Å². The second-order valence-corrected chi connectivity index (χ2v) is 5.19. The van der Waals surface area contributed by atoms with E-state index in [0.29, 0.717) is 4.47 Å². The van der Waals surface area contributed by atoms with Gasteiger partial charge < -0.3 is 5.32 Å². The standard InChI is InChI=1S/C13H8BrClF2N2O/c14-7-4-11(13(15)18-6-7)19-12(20)5-8-9(16)2-1-3-10(8)17/h1-4,6H,5H2,(H,19,20). The fraction of sp³-hybridized carbons (Fsp3) is 0.0769. The molecule has 3 nitrogen and oxygen atoms in total. The van der Waals surface area contributed by atoms with Crippen LogP contribution in [0.4, 0.5) is 14.5 Å². The van der Waals surface area contributed by atoms with E-state index < -0.39 is 24.0 Å². The van der Waals surface area contributed by atoms with Crippen LogP contribution in [0.25, 0.3) is 0 Å². The van der Waals surface area contributed by atoms with E-state index in [1.165, 1.54) is 12.3 Å². The van der Waals surface area contributed by atoms with Gasteiger partial charge in [0.05, 0.1) is 12.1 Å². The molecule has 1 aromatic carbocycles. The molecular weight excluding hydrogens is 354 g/mol. The number of anilines is 1. The van der Waals surface area contributed by atoms with Crippen molar-refractivity contribution in [1.82, 2.24) is 4.98 Å². The number of hydrogen-bond acceptors (Lipinski definition) is 2. The summed E-state index contributed by atoms with van der Waals surface area (Å²) in [7, 11) is 0. The molecule has 2 rings (SSSR count). The van der Waals surface area contributed by atoms with E-state index in [2.05, 4.69) is 26.2 Å². The van der Waals surface area contributed by atoms with E-state index >= 15 is 0 Å². The van der Waals surface area contributed by atoms with Crippen LogP contribution in [0.15, 0.2) is 34.9 Å². The number of hydrogen-bond donors (Lipinski definition) is 1. The molecule has 2 aromatic rings. The van der Waals surface area contributed by atoms with E-state index in [-0.39, 0.29) is 16.4 Å². The highest BCUT2D eigenvalue weighted by molar-refractivity contribution is 9.10. The average Bonchev–Trinajstić information content (AvgIpc) is 2.38. The molecule has 1 amide bonds. The molecule has 7 heteroatoms. The van der Waals surface area contributed by atoms with Gasteiger partial charge in [-0.2, -0.15) is 0 Å². The molecule has 0 radical (unpaired) electrons. The maximum Gasteiger partial charge on any atom is 0.229 e. The van der Waals surface area contributed by atoms with Crippen molar-refractivity contribution in [2.45, 2.75) is 6.42 Å². The minimum atomic E-state index is -0.765.